The van der Waals surface area contributed by atoms with Crippen LogP contribution in [0.1, 0.15) is 16.7 Å². The summed E-state index contributed by atoms with van der Waals surface area (Å²) in [5.41, 5.74) is 4.01. The molecule has 0 heterocycles. The van der Waals surface area contributed by atoms with Crippen LogP contribution in [0.15, 0.2) is 104 Å². The summed E-state index contributed by atoms with van der Waals surface area (Å²) in [6, 6.07) is 32.3. The standard InChI is InChI=1S/C24H25N/c1-2-24(18-21-12-6-3-7-13-21)25(19-22-14-8-4-9-15-22)20-23-16-10-5-11-17-23/h2-17,24H,1,18-20H2. The van der Waals surface area contributed by atoms with Crippen LogP contribution in [-0.2, 0) is 19.5 Å². The highest BCUT2D eigenvalue weighted by Crippen LogP contribution is 2.17. The zero-order valence-corrected chi connectivity index (χ0v) is 14.6. The van der Waals surface area contributed by atoms with E-state index in [1.807, 2.05) is 0 Å². The van der Waals surface area contributed by atoms with Crippen LogP contribution in [0, 0.1) is 0 Å². The molecule has 0 aliphatic carbocycles. The Kier molecular flexibility index (Phi) is 6.19. The van der Waals surface area contributed by atoms with Crippen molar-refractivity contribution in [3.63, 3.8) is 0 Å². The largest absolute Gasteiger partial charge is 0.288 e. The SMILES string of the molecule is C=CC(Cc1ccccc1)N(Cc1ccccc1)Cc1ccccc1. The molecule has 0 aliphatic rings. The second kappa shape index (κ2) is 9.00. The first-order valence-corrected chi connectivity index (χ1v) is 8.83. The number of benzene rings is 3. The average molecular weight is 327 g/mol. The minimum atomic E-state index is 0.294. The van der Waals surface area contributed by atoms with Crippen molar-refractivity contribution >= 4 is 0 Å². The van der Waals surface area contributed by atoms with Gasteiger partial charge in [-0.1, -0.05) is 97.1 Å². The first-order valence-electron chi connectivity index (χ1n) is 8.83. The van der Waals surface area contributed by atoms with Crippen LogP contribution in [-0.4, -0.2) is 10.9 Å². The van der Waals surface area contributed by atoms with E-state index < -0.39 is 0 Å². The molecule has 0 aromatic heterocycles. The van der Waals surface area contributed by atoms with Crippen molar-refractivity contribution in [1.82, 2.24) is 4.90 Å². The second-order valence-electron chi connectivity index (χ2n) is 6.37. The predicted octanol–water partition coefficient (Wildman–Crippen LogP) is 5.49. The Morgan fingerprint density at radius 2 is 1.04 bits per heavy atom. The van der Waals surface area contributed by atoms with Gasteiger partial charge < -0.3 is 0 Å². The molecule has 1 heteroatoms. The van der Waals surface area contributed by atoms with E-state index in [4.69, 9.17) is 0 Å². The third-order valence-corrected chi connectivity index (χ3v) is 4.49. The van der Waals surface area contributed by atoms with Crippen molar-refractivity contribution in [2.45, 2.75) is 25.6 Å². The first-order chi connectivity index (χ1) is 12.3. The Labute approximate surface area is 151 Å². The number of rotatable bonds is 8. The summed E-state index contributed by atoms with van der Waals surface area (Å²) in [6.07, 6.45) is 3.06. The van der Waals surface area contributed by atoms with Gasteiger partial charge in [0.2, 0.25) is 0 Å². The molecule has 126 valence electrons. The first kappa shape index (κ1) is 17.2. The summed E-state index contributed by atoms with van der Waals surface area (Å²) in [5, 5.41) is 0. The van der Waals surface area contributed by atoms with E-state index in [0.29, 0.717) is 6.04 Å². The Morgan fingerprint density at radius 1 is 0.640 bits per heavy atom. The molecule has 25 heavy (non-hydrogen) atoms. The smallest absolute Gasteiger partial charge is 0.0323 e. The summed E-state index contributed by atoms with van der Waals surface area (Å²) in [5.74, 6) is 0. The van der Waals surface area contributed by atoms with Crippen LogP contribution in [0.2, 0.25) is 0 Å². The molecule has 0 saturated carbocycles. The normalized spacial score (nSPS) is 12.0. The van der Waals surface area contributed by atoms with E-state index in [-0.39, 0.29) is 0 Å². The van der Waals surface area contributed by atoms with Crippen LogP contribution < -0.4 is 0 Å². The van der Waals surface area contributed by atoms with Gasteiger partial charge in [-0.25, -0.2) is 0 Å². The van der Waals surface area contributed by atoms with Gasteiger partial charge in [-0.05, 0) is 23.1 Å². The van der Waals surface area contributed by atoms with Crippen LogP contribution in [0.4, 0.5) is 0 Å². The Bertz CT molecular complexity index is 708. The minimum Gasteiger partial charge on any atom is -0.288 e. The molecule has 0 amide bonds. The van der Waals surface area contributed by atoms with Gasteiger partial charge >= 0.3 is 0 Å². The van der Waals surface area contributed by atoms with E-state index in [1.165, 1.54) is 16.7 Å². The van der Waals surface area contributed by atoms with Gasteiger partial charge in [-0.15, -0.1) is 6.58 Å². The molecule has 0 bridgehead atoms. The highest BCUT2D eigenvalue weighted by molar-refractivity contribution is 5.20. The number of hydrogen-bond acceptors (Lipinski definition) is 1. The lowest BCUT2D eigenvalue weighted by atomic mass is 10.0. The molecule has 0 saturated heterocycles. The Morgan fingerprint density at radius 3 is 1.44 bits per heavy atom. The molecule has 3 aromatic carbocycles. The average Bonchev–Trinajstić information content (AvgIpc) is 2.68. The third kappa shape index (κ3) is 5.17. The van der Waals surface area contributed by atoms with Crippen molar-refractivity contribution < 1.29 is 0 Å². The summed E-state index contributed by atoms with van der Waals surface area (Å²) in [7, 11) is 0. The molecule has 0 radical (unpaired) electrons. The number of hydrogen-bond donors (Lipinski definition) is 0. The lowest BCUT2D eigenvalue weighted by Gasteiger charge is -2.30. The Hall–Kier alpha value is -2.64. The van der Waals surface area contributed by atoms with Crippen molar-refractivity contribution in [3.05, 3.63) is 120 Å². The maximum Gasteiger partial charge on any atom is 0.0323 e. The van der Waals surface area contributed by atoms with Crippen LogP contribution in [0.3, 0.4) is 0 Å². The van der Waals surface area contributed by atoms with Gasteiger partial charge in [0.25, 0.3) is 0 Å². The monoisotopic (exact) mass is 327 g/mol. The van der Waals surface area contributed by atoms with Crippen LogP contribution in [0.25, 0.3) is 0 Å². The van der Waals surface area contributed by atoms with Gasteiger partial charge in [0.05, 0.1) is 0 Å². The quantitative estimate of drug-likeness (QED) is 0.495. The molecule has 3 aromatic rings. The summed E-state index contributed by atoms with van der Waals surface area (Å²) < 4.78 is 0. The van der Waals surface area contributed by atoms with Gasteiger partial charge in [0.1, 0.15) is 0 Å². The molecule has 1 atom stereocenters. The lowest BCUT2D eigenvalue weighted by molar-refractivity contribution is 0.210. The highest BCUT2D eigenvalue weighted by atomic mass is 15.1. The summed E-state index contributed by atoms with van der Waals surface area (Å²) in [6.45, 7) is 5.95. The molecule has 1 nitrogen and oxygen atoms in total. The lowest BCUT2D eigenvalue weighted by Crippen LogP contribution is -2.34. The van der Waals surface area contributed by atoms with E-state index in [1.54, 1.807) is 0 Å². The minimum absolute atomic E-state index is 0.294. The number of nitrogens with zero attached hydrogens (tertiary/aromatic N) is 1. The van der Waals surface area contributed by atoms with Crippen LogP contribution in [0.5, 0.6) is 0 Å². The molecule has 0 aliphatic heterocycles. The summed E-state index contributed by atoms with van der Waals surface area (Å²) in [4.78, 5) is 2.50. The zero-order valence-electron chi connectivity index (χ0n) is 14.6. The fourth-order valence-corrected chi connectivity index (χ4v) is 3.14. The zero-order chi connectivity index (χ0) is 17.3. The summed E-state index contributed by atoms with van der Waals surface area (Å²) >= 11 is 0. The maximum absolute atomic E-state index is 4.12. The fraction of sp³-hybridized carbons (Fsp3) is 0.167. The maximum atomic E-state index is 4.12. The third-order valence-electron chi connectivity index (χ3n) is 4.49. The second-order valence-corrected chi connectivity index (χ2v) is 6.37. The molecule has 0 N–H and O–H groups in total. The molecule has 1 unspecified atom stereocenters. The van der Waals surface area contributed by atoms with Crippen molar-refractivity contribution in [2.75, 3.05) is 0 Å². The molecule has 0 spiro atoms. The molecule has 0 fully saturated rings. The van der Waals surface area contributed by atoms with Crippen molar-refractivity contribution in [2.24, 2.45) is 0 Å². The molecular weight excluding hydrogens is 302 g/mol. The highest BCUT2D eigenvalue weighted by Gasteiger charge is 2.17. The molecule has 3 rings (SSSR count). The van der Waals surface area contributed by atoms with Gasteiger partial charge in [-0.2, -0.15) is 0 Å². The Balaban J connectivity index is 1.81. The van der Waals surface area contributed by atoms with Crippen molar-refractivity contribution in [1.29, 1.82) is 0 Å². The van der Waals surface area contributed by atoms with Gasteiger partial charge in [0, 0.05) is 19.1 Å². The topological polar surface area (TPSA) is 3.24 Å². The predicted molar refractivity (Wildman–Crippen MR) is 106 cm³/mol. The van der Waals surface area contributed by atoms with E-state index in [0.717, 1.165) is 19.5 Å². The molecular formula is C24H25N. The van der Waals surface area contributed by atoms with Gasteiger partial charge in [0.15, 0.2) is 0 Å². The van der Waals surface area contributed by atoms with E-state index >= 15 is 0 Å². The van der Waals surface area contributed by atoms with Crippen molar-refractivity contribution in [3.8, 4) is 0 Å². The van der Waals surface area contributed by atoms with Crippen LogP contribution >= 0.6 is 0 Å². The fourth-order valence-electron chi connectivity index (χ4n) is 3.14. The van der Waals surface area contributed by atoms with Gasteiger partial charge in [-0.3, -0.25) is 4.90 Å². The van der Waals surface area contributed by atoms with E-state index in [9.17, 15) is 0 Å². The van der Waals surface area contributed by atoms with E-state index in [2.05, 4.69) is 109 Å².